The van der Waals surface area contributed by atoms with Gasteiger partial charge in [0.2, 0.25) is 0 Å². The van der Waals surface area contributed by atoms with E-state index in [1.807, 2.05) is 18.2 Å². The number of hydrogen-bond acceptors (Lipinski definition) is 4. The van der Waals surface area contributed by atoms with Crippen LogP contribution in [0.2, 0.25) is 0 Å². The molecule has 2 aromatic rings. The molecule has 1 aromatic carbocycles. The predicted molar refractivity (Wildman–Crippen MR) is 67.7 cm³/mol. The monoisotopic (exact) mass is 296 g/mol. The third-order valence-corrected chi connectivity index (χ3v) is 2.94. The summed E-state index contributed by atoms with van der Waals surface area (Å²) in [6.07, 6.45) is 2.38. The first kappa shape index (κ1) is 12.1. The Morgan fingerprint density at radius 2 is 2.24 bits per heavy atom. The fourth-order valence-corrected chi connectivity index (χ4v) is 2.05. The standard InChI is InChI=1S/C12H13BrN2O2/c13-11-3-1-2-9(4-6-14)12(11)16-8-10-5-7-15-17-10/h1-3,5,7H,4,6,8,14H2. The van der Waals surface area contributed by atoms with Crippen LogP contribution >= 0.6 is 15.9 Å². The Hall–Kier alpha value is -1.33. The molecule has 0 atom stereocenters. The first-order valence-corrected chi connectivity index (χ1v) is 6.10. The molecule has 0 fully saturated rings. The molecular formula is C12H13BrN2O2. The van der Waals surface area contributed by atoms with Crippen molar-refractivity contribution < 1.29 is 9.26 Å². The van der Waals surface area contributed by atoms with Crippen LogP contribution in [-0.4, -0.2) is 11.7 Å². The van der Waals surface area contributed by atoms with Crippen LogP contribution < -0.4 is 10.5 Å². The minimum atomic E-state index is 0.361. The molecule has 0 saturated carbocycles. The zero-order valence-corrected chi connectivity index (χ0v) is 10.8. The zero-order valence-electron chi connectivity index (χ0n) is 9.23. The summed E-state index contributed by atoms with van der Waals surface area (Å²) in [5.41, 5.74) is 6.66. The number of aromatic nitrogens is 1. The van der Waals surface area contributed by atoms with Crippen molar-refractivity contribution >= 4 is 15.9 Å². The fraction of sp³-hybridized carbons (Fsp3) is 0.250. The quantitative estimate of drug-likeness (QED) is 0.921. The highest BCUT2D eigenvalue weighted by Gasteiger charge is 2.08. The Morgan fingerprint density at radius 3 is 2.94 bits per heavy atom. The van der Waals surface area contributed by atoms with Crippen LogP contribution in [0, 0.1) is 0 Å². The number of benzene rings is 1. The van der Waals surface area contributed by atoms with E-state index in [1.165, 1.54) is 0 Å². The minimum absolute atomic E-state index is 0.361. The number of hydrogen-bond donors (Lipinski definition) is 1. The Labute approximate surface area is 108 Å². The highest BCUT2D eigenvalue weighted by atomic mass is 79.9. The molecule has 5 heteroatoms. The summed E-state index contributed by atoms with van der Waals surface area (Å²) in [7, 11) is 0. The molecule has 1 heterocycles. The number of nitrogens with zero attached hydrogens (tertiary/aromatic N) is 1. The average Bonchev–Trinajstić information content (AvgIpc) is 2.82. The summed E-state index contributed by atoms with van der Waals surface area (Å²) in [6.45, 7) is 0.954. The number of rotatable bonds is 5. The summed E-state index contributed by atoms with van der Waals surface area (Å²) in [5.74, 6) is 1.51. The number of ether oxygens (including phenoxy) is 1. The molecule has 90 valence electrons. The summed E-state index contributed by atoms with van der Waals surface area (Å²) in [5, 5.41) is 3.63. The van der Waals surface area contributed by atoms with E-state index in [0.29, 0.717) is 18.9 Å². The normalized spacial score (nSPS) is 10.5. The van der Waals surface area contributed by atoms with E-state index in [4.69, 9.17) is 15.0 Å². The number of para-hydroxylation sites is 1. The lowest BCUT2D eigenvalue weighted by Gasteiger charge is -2.11. The van der Waals surface area contributed by atoms with Crippen LogP contribution in [0.15, 0.2) is 39.5 Å². The molecular weight excluding hydrogens is 284 g/mol. The molecule has 0 amide bonds. The minimum Gasteiger partial charge on any atom is -0.484 e. The molecule has 17 heavy (non-hydrogen) atoms. The zero-order chi connectivity index (χ0) is 12.1. The fourth-order valence-electron chi connectivity index (χ4n) is 1.53. The van der Waals surface area contributed by atoms with Crippen LogP contribution in [-0.2, 0) is 13.0 Å². The van der Waals surface area contributed by atoms with Crippen molar-refractivity contribution in [1.29, 1.82) is 0 Å². The van der Waals surface area contributed by atoms with E-state index in [0.717, 1.165) is 22.2 Å². The third kappa shape index (κ3) is 3.08. The van der Waals surface area contributed by atoms with Crippen molar-refractivity contribution in [2.45, 2.75) is 13.0 Å². The van der Waals surface area contributed by atoms with E-state index < -0.39 is 0 Å². The van der Waals surface area contributed by atoms with Crippen molar-refractivity contribution in [1.82, 2.24) is 5.16 Å². The van der Waals surface area contributed by atoms with Gasteiger partial charge >= 0.3 is 0 Å². The number of halogens is 1. The Balaban J connectivity index is 2.13. The van der Waals surface area contributed by atoms with Crippen molar-refractivity contribution in [3.05, 3.63) is 46.3 Å². The molecule has 2 rings (SSSR count). The summed E-state index contributed by atoms with van der Waals surface area (Å²) < 4.78 is 11.6. The van der Waals surface area contributed by atoms with E-state index in [2.05, 4.69) is 21.1 Å². The lowest BCUT2D eigenvalue weighted by atomic mass is 10.1. The molecule has 2 N–H and O–H groups in total. The second kappa shape index (κ2) is 5.84. The Morgan fingerprint density at radius 1 is 1.35 bits per heavy atom. The van der Waals surface area contributed by atoms with E-state index >= 15 is 0 Å². The van der Waals surface area contributed by atoms with Gasteiger partial charge < -0.3 is 15.0 Å². The molecule has 0 aliphatic rings. The van der Waals surface area contributed by atoms with Gasteiger partial charge in [0.05, 0.1) is 10.7 Å². The highest BCUT2D eigenvalue weighted by molar-refractivity contribution is 9.10. The smallest absolute Gasteiger partial charge is 0.174 e. The maximum Gasteiger partial charge on any atom is 0.174 e. The summed E-state index contributed by atoms with van der Waals surface area (Å²) in [6, 6.07) is 7.69. The lowest BCUT2D eigenvalue weighted by molar-refractivity contribution is 0.246. The van der Waals surface area contributed by atoms with Crippen LogP contribution in [0.5, 0.6) is 5.75 Å². The van der Waals surface area contributed by atoms with Crippen LogP contribution in [0.25, 0.3) is 0 Å². The van der Waals surface area contributed by atoms with Crippen LogP contribution in [0.3, 0.4) is 0 Å². The van der Waals surface area contributed by atoms with Crippen molar-refractivity contribution in [3.8, 4) is 5.75 Å². The molecule has 1 aromatic heterocycles. The van der Waals surface area contributed by atoms with Gasteiger partial charge in [-0.15, -0.1) is 0 Å². The summed E-state index contributed by atoms with van der Waals surface area (Å²) in [4.78, 5) is 0. The maximum atomic E-state index is 5.73. The second-order valence-corrected chi connectivity index (χ2v) is 4.39. The van der Waals surface area contributed by atoms with Gasteiger partial charge in [0, 0.05) is 6.07 Å². The van der Waals surface area contributed by atoms with Crippen molar-refractivity contribution in [3.63, 3.8) is 0 Å². The van der Waals surface area contributed by atoms with E-state index in [-0.39, 0.29) is 0 Å². The van der Waals surface area contributed by atoms with Gasteiger partial charge in [-0.1, -0.05) is 17.3 Å². The predicted octanol–water partition coefficient (Wildman–Crippen LogP) is 2.52. The van der Waals surface area contributed by atoms with E-state index in [9.17, 15) is 0 Å². The molecule has 0 aliphatic heterocycles. The molecule has 4 nitrogen and oxygen atoms in total. The Bertz CT molecular complexity index is 471. The van der Waals surface area contributed by atoms with Crippen molar-refractivity contribution in [2.75, 3.05) is 6.54 Å². The SMILES string of the molecule is NCCc1cccc(Br)c1OCc1ccno1. The molecule has 0 radical (unpaired) electrons. The number of nitrogens with two attached hydrogens (primary N) is 1. The van der Waals surface area contributed by atoms with Gasteiger partial charge in [-0.3, -0.25) is 0 Å². The second-order valence-electron chi connectivity index (χ2n) is 3.53. The van der Waals surface area contributed by atoms with Gasteiger partial charge in [-0.05, 0) is 40.5 Å². The van der Waals surface area contributed by atoms with Crippen LogP contribution in [0.1, 0.15) is 11.3 Å². The topological polar surface area (TPSA) is 61.3 Å². The van der Waals surface area contributed by atoms with Crippen molar-refractivity contribution in [2.24, 2.45) is 5.73 Å². The molecule has 0 spiro atoms. The van der Waals surface area contributed by atoms with Gasteiger partial charge in [-0.25, -0.2) is 0 Å². The largest absolute Gasteiger partial charge is 0.484 e. The first-order valence-electron chi connectivity index (χ1n) is 5.31. The highest BCUT2D eigenvalue weighted by Crippen LogP contribution is 2.30. The van der Waals surface area contributed by atoms with Gasteiger partial charge in [-0.2, -0.15) is 0 Å². The lowest BCUT2D eigenvalue weighted by Crippen LogP contribution is -2.05. The van der Waals surface area contributed by atoms with Gasteiger partial charge in [0.15, 0.2) is 5.76 Å². The van der Waals surface area contributed by atoms with Crippen LogP contribution in [0.4, 0.5) is 0 Å². The first-order chi connectivity index (χ1) is 8.31. The molecule has 0 aliphatic carbocycles. The third-order valence-electron chi connectivity index (χ3n) is 2.31. The molecule has 0 bridgehead atoms. The summed E-state index contributed by atoms with van der Waals surface area (Å²) >= 11 is 3.47. The van der Waals surface area contributed by atoms with E-state index in [1.54, 1.807) is 12.3 Å². The molecule has 0 unspecified atom stereocenters. The Kier molecular flexibility index (Phi) is 4.17. The van der Waals surface area contributed by atoms with Gasteiger partial charge in [0.1, 0.15) is 12.4 Å². The molecule has 0 saturated heterocycles. The average molecular weight is 297 g/mol. The maximum absolute atomic E-state index is 5.73. The van der Waals surface area contributed by atoms with Gasteiger partial charge in [0.25, 0.3) is 0 Å².